The Morgan fingerprint density at radius 2 is 1.61 bits per heavy atom. The summed E-state index contributed by atoms with van der Waals surface area (Å²) in [7, 11) is 1.57. The van der Waals surface area contributed by atoms with E-state index in [9.17, 15) is 19.5 Å². The van der Waals surface area contributed by atoms with Crippen LogP contribution in [0, 0.1) is 11.8 Å². The van der Waals surface area contributed by atoms with Gasteiger partial charge in [-0.05, 0) is 68.3 Å². The number of anilines is 2. The maximum Gasteiger partial charge on any atom is 0.253 e. The summed E-state index contributed by atoms with van der Waals surface area (Å²) in [5.41, 5.74) is -0.0663. The second-order valence-corrected chi connectivity index (χ2v) is 12.9. The number of nitrogens with zero attached hydrogens (tertiary/aromatic N) is 3. The fraction of sp³-hybridized carbons (Fsp3) is 0.457. The first kappa shape index (κ1) is 33.7. The van der Waals surface area contributed by atoms with Crippen LogP contribution in [0.3, 0.4) is 0 Å². The Labute approximate surface area is 278 Å². The Bertz CT molecular complexity index is 1450. The third-order valence-corrected chi connectivity index (χ3v) is 10.2. The molecule has 46 heavy (non-hydrogen) atoms. The maximum absolute atomic E-state index is 14.8. The van der Waals surface area contributed by atoms with E-state index in [1.54, 1.807) is 77.6 Å². The fourth-order valence-corrected chi connectivity index (χ4v) is 8.26. The monoisotopic (exact) mass is 695 g/mol. The molecule has 0 radical (unpaired) electrons. The number of amides is 3. The topological polar surface area (TPSA) is 109 Å². The number of methoxy groups -OCH3 is 1. The van der Waals surface area contributed by atoms with Crippen LogP contribution >= 0.6 is 15.9 Å². The van der Waals surface area contributed by atoms with E-state index in [0.29, 0.717) is 42.3 Å². The van der Waals surface area contributed by atoms with Gasteiger partial charge >= 0.3 is 0 Å². The molecular formula is C35H42BrN3O7. The zero-order valence-electron chi connectivity index (χ0n) is 26.5. The lowest BCUT2D eigenvalue weighted by Crippen LogP contribution is -2.59. The van der Waals surface area contributed by atoms with Gasteiger partial charge in [-0.25, -0.2) is 0 Å². The highest BCUT2D eigenvalue weighted by atomic mass is 79.9. The summed E-state index contributed by atoms with van der Waals surface area (Å²) in [6, 6.07) is 12.5. The number of fused-ring (bicyclic) bond motifs is 1. The minimum atomic E-state index is -1.29. The molecule has 246 valence electrons. The second kappa shape index (κ2) is 14.0. The Morgan fingerprint density at radius 1 is 1.04 bits per heavy atom. The number of aliphatic hydroxyl groups excluding tert-OH is 1. The summed E-state index contributed by atoms with van der Waals surface area (Å²) in [6.45, 7) is 12.1. The predicted octanol–water partition coefficient (Wildman–Crippen LogP) is 4.35. The molecule has 3 amide bonds. The molecule has 3 unspecified atom stereocenters. The Balaban J connectivity index is 1.58. The minimum Gasteiger partial charge on any atom is -0.497 e. The zero-order chi connectivity index (χ0) is 33.2. The SMILES string of the molecule is C=CCN(C(=O)C1N([C@@H](CC)CO)C(=O)[C@@H]2[C@@H](C(=O)N(CC=C)c3ccc(OCC)cc3)[C@@H]3OC12CC3Br)c1ccc(OC)cc1. The van der Waals surface area contributed by atoms with Crippen LogP contribution in [0.25, 0.3) is 0 Å². The lowest BCUT2D eigenvalue weighted by Gasteiger charge is -2.39. The number of hydrogen-bond acceptors (Lipinski definition) is 7. The highest BCUT2D eigenvalue weighted by Crippen LogP contribution is 2.61. The molecule has 11 heteroatoms. The van der Waals surface area contributed by atoms with E-state index in [1.165, 1.54) is 4.90 Å². The molecule has 7 atom stereocenters. The lowest BCUT2D eigenvalue weighted by molar-refractivity contribution is -0.144. The van der Waals surface area contributed by atoms with Gasteiger partial charge in [-0.3, -0.25) is 14.4 Å². The third kappa shape index (κ3) is 5.62. The smallest absolute Gasteiger partial charge is 0.253 e. The van der Waals surface area contributed by atoms with Crippen molar-refractivity contribution in [1.82, 2.24) is 4.90 Å². The van der Waals surface area contributed by atoms with Crippen molar-refractivity contribution < 1.29 is 33.7 Å². The first-order chi connectivity index (χ1) is 22.2. The van der Waals surface area contributed by atoms with Gasteiger partial charge in [0.25, 0.3) is 5.91 Å². The van der Waals surface area contributed by atoms with Crippen LogP contribution in [-0.4, -0.2) is 89.8 Å². The van der Waals surface area contributed by atoms with Gasteiger partial charge in [-0.2, -0.15) is 0 Å². The molecule has 3 aliphatic heterocycles. The van der Waals surface area contributed by atoms with E-state index < -0.39 is 35.6 Å². The molecular weight excluding hydrogens is 654 g/mol. The second-order valence-electron chi connectivity index (χ2n) is 11.8. The van der Waals surface area contributed by atoms with Gasteiger partial charge in [-0.1, -0.05) is 35.0 Å². The molecule has 2 aromatic carbocycles. The van der Waals surface area contributed by atoms with Crippen molar-refractivity contribution in [1.29, 1.82) is 0 Å². The quantitative estimate of drug-likeness (QED) is 0.231. The average Bonchev–Trinajstić information content (AvgIpc) is 3.66. The Kier molecular flexibility index (Phi) is 10.2. The zero-order valence-corrected chi connectivity index (χ0v) is 28.1. The Morgan fingerprint density at radius 3 is 2.11 bits per heavy atom. The summed E-state index contributed by atoms with van der Waals surface area (Å²) in [4.78, 5) is 48.4. The standard InChI is InChI=1S/C35H42BrN3O7/c1-6-18-37(23-12-16-26(17-13-23)45-9-4)32(41)28-29-33(42)39(22(8-3)21-40)31(35(29)20-27(36)30(28)46-35)34(43)38(19-7-2)24-10-14-25(44-5)15-11-24/h6-7,10-17,22,27-31,40H,1-2,8-9,18-21H2,3-5H3/t22-,27?,28+,29-,30+,31?,35?/m0/s1. The van der Waals surface area contributed by atoms with Crippen molar-refractivity contribution in [2.24, 2.45) is 11.8 Å². The largest absolute Gasteiger partial charge is 0.497 e. The summed E-state index contributed by atoms with van der Waals surface area (Å²) < 4.78 is 17.6. The number of likely N-dealkylation sites (tertiary alicyclic amines) is 1. The number of benzene rings is 2. The fourth-order valence-electron chi connectivity index (χ4n) is 7.32. The van der Waals surface area contributed by atoms with Crippen molar-refractivity contribution in [2.45, 2.75) is 55.3 Å². The van der Waals surface area contributed by atoms with E-state index in [2.05, 4.69) is 29.1 Å². The van der Waals surface area contributed by atoms with Crippen molar-refractivity contribution >= 4 is 45.0 Å². The van der Waals surface area contributed by atoms with E-state index in [4.69, 9.17) is 14.2 Å². The van der Waals surface area contributed by atoms with Crippen LogP contribution in [-0.2, 0) is 19.1 Å². The summed E-state index contributed by atoms with van der Waals surface area (Å²) in [6.07, 6.45) is 3.38. The van der Waals surface area contributed by atoms with Gasteiger partial charge in [0.2, 0.25) is 11.8 Å². The van der Waals surface area contributed by atoms with Crippen LogP contribution in [0.4, 0.5) is 11.4 Å². The average molecular weight is 697 g/mol. The highest BCUT2D eigenvalue weighted by Gasteiger charge is 2.77. The molecule has 10 nitrogen and oxygen atoms in total. The molecule has 1 spiro atoms. The van der Waals surface area contributed by atoms with Gasteiger partial charge in [0.1, 0.15) is 23.1 Å². The molecule has 2 bridgehead atoms. The van der Waals surface area contributed by atoms with Crippen molar-refractivity contribution in [2.75, 3.05) is 43.2 Å². The molecule has 0 aromatic heterocycles. The van der Waals surface area contributed by atoms with Gasteiger partial charge < -0.3 is 34.0 Å². The molecule has 5 rings (SSSR count). The number of aliphatic hydroxyl groups is 1. The van der Waals surface area contributed by atoms with Crippen molar-refractivity contribution in [3.05, 3.63) is 73.8 Å². The van der Waals surface area contributed by atoms with E-state index >= 15 is 0 Å². The van der Waals surface area contributed by atoms with Crippen molar-refractivity contribution in [3.8, 4) is 11.5 Å². The van der Waals surface area contributed by atoms with Gasteiger partial charge in [0, 0.05) is 29.3 Å². The summed E-state index contributed by atoms with van der Waals surface area (Å²) in [5, 5.41) is 10.4. The lowest BCUT2D eigenvalue weighted by atomic mass is 9.70. The van der Waals surface area contributed by atoms with E-state index in [-0.39, 0.29) is 42.2 Å². The Hall–Kier alpha value is -3.67. The van der Waals surface area contributed by atoms with Crippen LogP contribution in [0.2, 0.25) is 0 Å². The summed E-state index contributed by atoms with van der Waals surface area (Å²) in [5.74, 6) is -1.50. The molecule has 2 aromatic rings. The third-order valence-electron chi connectivity index (χ3n) is 9.32. The molecule has 1 N–H and O–H groups in total. The number of hydrogen-bond donors (Lipinski definition) is 1. The van der Waals surface area contributed by atoms with Crippen molar-refractivity contribution in [3.63, 3.8) is 0 Å². The molecule has 0 saturated carbocycles. The maximum atomic E-state index is 14.8. The van der Waals surface area contributed by atoms with Crippen LogP contribution in [0.15, 0.2) is 73.8 Å². The molecule has 3 aliphatic rings. The minimum absolute atomic E-state index is 0.175. The van der Waals surface area contributed by atoms with E-state index in [1.807, 2.05) is 13.8 Å². The van der Waals surface area contributed by atoms with E-state index in [0.717, 1.165) is 0 Å². The highest BCUT2D eigenvalue weighted by molar-refractivity contribution is 9.09. The molecule has 3 fully saturated rings. The van der Waals surface area contributed by atoms with Crippen LogP contribution < -0.4 is 19.3 Å². The number of rotatable bonds is 14. The first-order valence-corrected chi connectivity index (χ1v) is 16.6. The van der Waals surface area contributed by atoms with Gasteiger partial charge in [0.05, 0.1) is 44.3 Å². The molecule has 3 heterocycles. The number of carbonyl (C=O) groups excluding carboxylic acids is 3. The molecule has 0 aliphatic carbocycles. The van der Waals surface area contributed by atoms with Crippen LogP contribution in [0.1, 0.15) is 26.7 Å². The first-order valence-electron chi connectivity index (χ1n) is 15.7. The van der Waals surface area contributed by atoms with Gasteiger partial charge in [0.15, 0.2) is 0 Å². The predicted molar refractivity (Wildman–Crippen MR) is 179 cm³/mol. The number of ether oxygens (including phenoxy) is 3. The number of carbonyl (C=O) groups is 3. The normalized spacial score (nSPS) is 26.8. The molecule has 3 saturated heterocycles. The number of halogens is 1. The summed E-state index contributed by atoms with van der Waals surface area (Å²) >= 11 is 3.76. The van der Waals surface area contributed by atoms with Gasteiger partial charge in [-0.15, -0.1) is 13.2 Å². The number of alkyl halides is 1. The van der Waals surface area contributed by atoms with Crippen LogP contribution in [0.5, 0.6) is 11.5 Å².